The van der Waals surface area contributed by atoms with Gasteiger partial charge in [-0.05, 0) is 51.4 Å². The molecule has 2 heterocycles. The van der Waals surface area contributed by atoms with Crippen molar-refractivity contribution >= 4 is 15.9 Å². The number of carbonyl (C=O) groups excluding carboxylic acids is 1. The highest BCUT2D eigenvalue weighted by molar-refractivity contribution is 7.89. The van der Waals surface area contributed by atoms with Crippen LogP contribution in [-0.2, 0) is 14.8 Å². The standard InChI is InChI=1S/C21H33FN4O3S/c1-24-14-16-25(17-15-24)11-5-4-10-23-21(27)18-8-12-26(13-9-18)30(28,29)20-7-3-2-6-19(20)22/h2-3,6-7,18H,4-5,8-17H2,1H3,(H,23,27). The lowest BCUT2D eigenvalue weighted by Gasteiger charge is -2.32. The molecule has 0 saturated carbocycles. The molecule has 7 nitrogen and oxygen atoms in total. The summed E-state index contributed by atoms with van der Waals surface area (Å²) >= 11 is 0. The van der Waals surface area contributed by atoms with E-state index < -0.39 is 15.8 Å². The van der Waals surface area contributed by atoms with E-state index in [4.69, 9.17) is 0 Å². The molecule has 1 N–H and O–H groups in total. The molecule has 2 aliphatic heterocycles. The quantitative estimate of drug-likeness (QED) is 0.618. The number of nitrogens with zero attached hydrogens (tertiary/aromatic N) is 3. The first-order valence-corrected chi connectivity index (χ1v) is 12.3. The number of sulfonamides is 1. The molecule has 3 rings (SSSR count). The molecule has 30 heavy (non-hydrogen) atoms. The van der Waals surface area contributed by atoms with Crippen molar-refractivity contribution < 1.29 is 17.6 Å². The van der Waals surface area contributed by atoms with Gasteiger partial charge in [0.25, 0.3) is 0 Å². The number of amides is 1. The molecule has 0 atom stereocenters. The third-order valence-corrected chi connectivity index (χ3v) is 8.01. The van der Waals surface area contributed by atoms with Gasteiger partial charge < -0.3 is 15.1 Å². The third kappa shape index (κ3) is 6.00. The number of halogens is 1. The number of piperidine rings is 1. The summed E-state index contributed by atoms with van der Waals surface area (Å²) < 4.78 is 40.5. The van der Waals surface area contributed by atoms with Crippen LogP contribution in [0, 0.1) is 11.7 Å². The Morgan fingerprint density at radius 1 is 1.07 bits per heavy atom. The lowest BCUT2D eigenvalue weighted by Crippen LogP contribution is -2.45. The number of benzene rings is 1. The second-order valence-electron chi connectivity index (χ2n) is 8.25. The van der Waals surface area contributed by atoms with E-state index in [1.54, 1.807) is 0 Å². The monoisotopic (exact) mass is 440 g/mol. The van der Waals surface area contributed by atoms with Gasteiger partial charge in [0.15, 0.2) is 0 Å². The molecule has 0 aliphatic carbocycles. The first-order valence-electron chi connectivity index (χ1n) is 10.8. The van der Waals surface area contributed by atoms with E-state index >= 15 is 0 Å². The lowest BCUT2D eigenvalue weighted by molar-refractivity contribution is -0.126. The van der Waals surface area contributed by atoms with Crippen molar-refractivity contribution in [3.63, 3.8) is 0 Å². The van der Waals surface area contributed by atoms with Gasteiger partial charge >= 0.3 is 0 Å². The Bertz CT molecular complexity index is 804. The van der Waals surface area contributed by atoms with E-state index in [9.17, 15) is 17.6 Å². The smallest absolute Gasteiger partial charge is 0.245 e. The fourth-order valence-corrected chi connectivity index (χ4v) is 5.57. The van der Waals surface area contributed by atoms with Crippen molar-refractivity contribution in [2.45, 2.75) is 30.6 Å². The van der Waals surface area contributed by atoms with Crippen LogP contribution in [0.5, 0.6) is 0 Å². The second kappa shape index (κ2) is 10.7. The zero-order chi connectivity index (χ0) is 21.6. The topological polar surface area (TPSA) is 73.0 Å². The minimum Gasteiger partial charge on any atom is -0.356 e. The highest BCUT2D eigenvalue weighted by Gasteiger charge is 2.33. The van der Waals surface area contributed by atoms with Gasteiger partial charge in [0.1, 0.15) is 10.7 Å². The number of piperazine rings is 1. The van der Waals surface area contributed by atoms with Crippen molar-refractivity contribution in [2.75, 3.05) is 59.4 Å². The molecular weight excluding hydrogens is 407 g/mol. The molecule has 0 unspecified atom stereocenters. The zero-order valence-corrected chi connectivity index (χ0v) is 18.5. The van der Waals surface area contributed by atoms with Crippen LogP contribution in [0.4, 0.5) is 4.39 Å². The summed E-state index contributed by atoms with van der Waals surface area (Å²) in [6.07, 6.45) is 2.92. The zero-order valence-electron chi connectivity index (χ0n) is 17.7. The minimum absolute atomic E-state index is 0.00228. The van der Waals surface area contributed by atoms with Crippen LogP contribution >= 0.6 is 0 Å². The molecule has 2 saturated heterocycles. The number of unbranched alkanes of at least 4 members (excludes halogenated alkanes) is 1. The fourth-order valence-electron chi connectivity index (χ4n) is 4.04. The van der Waals surface area contributed by atoms with Gasteiger partial charge in [-0.25, -0.2) is 12.8 Å². The Labute approximate surface area is 179 Å². The summed E-state index contributed by atoms with van der Waals surface area (Å²) in [6.45, 7) is 6.63. The maximum Gasteiger partial charge on any atom is 0.245 e. The van der Waals surface area contributed by atoms with Crippen molar-refractivity contribution in [1.29, 1.82) is 0 Å². The second-order valence-corrected chi connectivity index (χ2v) is 10.2. The number of carbonyl (C=O) groups is 1. The molecule has 9 heteroatoms. The number of likely N-dealkylation sites (N-methyl/N-ethyl adjacent to an activating group) is 1. The van der Waals surface area contributed by atoms with Gasteiger partial charge in [0, 0.05) is 51.7 Å². The van der Waals surface area contributed by atoms with E-state index in [2.05, 4.69) is 22.2 Å². The summed E-state index contributed by atoms with van der Waals surface area (Å²) in [5.74, 6) is -0.929. The fraction of sp³-hybridized carbons (Fsp3) is 0.667. The molecule has 0 bridgehead atoms. The first-order chi connectivity index (χ1) is 14.4. The SMILES string of the molecule is CN1CCN(CCCCNC(=O)C2CCN(S(=O)(=O)c3ccccc3F)CC2)CC1. The van der Waals surface area contributed by atoms with Crippen LogP contribution in [0.25, 0.3) is 0 Å². The van der Waals surface area contributed by atoms with Crippen molar-refractivity contribution in [3.05, 3.63) is 30.1 Å². The molecule has 1 aromatic carbocycles. The summed E-state index contributed by atoms with van der Waals surface area (Å²) in [6, 6.07) is 5.42. The third-order valence-electron chi connectivity index (χ3n) is 6.08. The minimum atomic E-state index is -3.86. The Hall–Kier alpha value is -1.55. The van der Waals surface area contributed by atoms with Crippen molar-refractivity contribution in [2.24, 2.45) is 5.92 Å². The van der Waals surface area contributed by atoms with Gasteiger partial charge in [0.05, 0.1) is 0 Å². The molecule has 2 aliphatic rings. The van der Waals surface area contributed by atoms with Crippen LogP contribution in [0.1, 0.15) is 25.7 Å². The maximum absolute atomic E-state index is 13.9. The number of hydrogen-bond acceptors (Lipinski definition) is 5. The molecule has 2 fully saturated rings. The number of rotatable bonds is 8. The van der Waals surface area contributed by atoms with E-state index in [0.29, 0.717) is 19.4 Å². The Kier molecular flexibility index (Phi) is 8.21. The van der Waals surface area contributed by atoms with Crippen LogP contribution in [-0.4, -0.2) is 87.8 Å². The average Bonchev–Trinajstić information content (AvgIpc) is 2.75. The highest BCUT2D eigenvalue weighted by atomic mass is 32.2. The first kappa shape index (κ1) is 23.1. The Morgan fingerprint density at radius 2 is 1.73 bits per heavy atom. The van der Waals surface area contributed by atoms with E-state index in [1.165, 1.54) is 22.5 Å². The van der Waals surface area contributed by atoms with Gasteiger partial charge in [-0.15, -0.1) is 0 Å². The molecule has 168 valence electrons. The molecule has 1 aromatic rings. The maximum atomic E-state index is 13.9. The molecule has 0 radical (unpaired) electrons. The van der Waals surface area contributed by atoms with Crippen LogP contribution in [0.2, 0.25) is 0 Å². The van der Waals surface area contributed by atoms with Crippen LogP contribution < -0.4 is 5.32 Å². The predicted molar refractivity (Wildman–Crippen MR) is 114 cm³/mol. The van der Waals surface area contributed by atoms with Gasteiger partial charge in [-0.3, -0.25) is 4.79 Å². The Balaban J connectivity index is 1.35. The number of nitrogens with one attached hydrogen (secondary N) is 1. The van der Waals surface area contributed by atoms with Crippen molar-refractivity contribution in [1.82, 2.24) is 19.4 Å². The Morgan fingerprint density at radius 3 is 2.40 bits per heavy atom. The van der Waals surface area contributed by atoms with Crippen molar-refractivity contribution in [3.8, 4) is 0 Å². The van der Waals surface area contributed by atoms with Gasteiger partial charge in [0.2, 0.25) is 15.9 Å². The summed E-state index contributed by atoms with van der Waals surface area (Å²) in [5.41, 5.74) is 0. The summed E-state index contributed by atoms with van der Waals surface area (Å²) in [7, 11) is -1.72. The molecule has 0 spiro atoms. The molecule has 0 aromatic heterocycles. The van der Waals surface area contributed by atoms with Crippen LogP contribution in [0.3, 0.4) is 0 Å². The van der Waals surface area contributed by atoms with E-state index in [0.717, 1.165) is 51.6 Å². The van der Waals surface area contributed by atoms with E-state index in [-0.39, 0.29) is 29.8 Å². The molecule has 1 amide bonds. The average molecular weight is 441 g/mol. The largest absolute Gasteiger partial charge is 0.356 e. The van der Waals surface area contributed by atoms with Gasteiger partial charge in [-0.2, -0.15) is 4.31 Å². The molecular formula is C21H33FN4O3S. The van der Waals surface area contributed by atoms with E-state index in [1.807, 2.05) is 0 Å². The number of hydrogen-bond donors (Lipinski definition) is 1. The summed E-state index contributed by atoms with van der Waals surface area (Å²) in [4.78, 5) is 16.9. The van der Waals surface area contributed by atoms with Gasteiger partial charge in [-0.1, -0.05) is 12.1 Å². The van der Waals surface area contributed by atoms with Crippen LogP contribution in [0.15, 0.2) is 29.2 Å². The normalized spacial score (nSPS) is 20.3. The lowest BCUT2D eigenvalue weighted by atomic mass is 9.97. The summed E-state index contributed by atoms with van der Waals surface area (Å²) in [5, 5.41) is 3.00. The highest BCUT2D eigenvalue weighted by Crippen LogP contribution is 2.25. The predicted octanol–water partition coefficient (Wildman–Crippen LogP) is 1.37.